The van der Waals surface area contributed by atoms with Gasteiger partial charge in [0.05, 0.1) is 7.11 Å². The molecule has 1 aromatic rings. The van der Waals surface area contributed by atoms with E-state index in [1.807, 2.05) is 0 Å². The van der Waals surface area contributed by atoms with Gasteiger partial charge >= 0.3 is 12.6 Å². The van der Waals surface area contributed by atoms with E-state index in [9.17, 15) is 18.4 Å². The minimum Gasteiger partial charge on any atom is -0.468 e. The molecule has 1 amide bonds. The number of carbonyl (C=O) groups excluding carboxylic acids is 2. The largest absolute Gasteiger partial charge is 0.468 e. The van der Waals surface area contributed by atoms with Gasteiger partial charge in [-0.15, -0.1) is 0 Å². The standard InChI is InChI=1S/C13H15F2NO4/c1-3-16(8-11(17)19-2)12(18)9-5-4-6-10(7-9)20-13(14)15/h4-7,13H,3,8H2,1-2H3. The Morgan fingerprint density at radius 1 is 1.35 bits per heavy atom. The number of benzene rings is 1. The van der Waals surface area contributed by atoms with Crippen LogP contribution in [0, 0.1) is 0 Å². The monoisotopic (exact) mass is 287 g/mol. The highest BCUT2D eigenvalue weighted by Crippen LogP contribution is 2.17. The number of methoxy groups -OCH3 is 1. The second-order valence-electron chi connectivity index (χ2n) is 3.80. The van der Waals surface area contributed by atoms with E-state index in [1.54, 1.807) is 6.92 Å². The molecule has 0 saturated carbocycles. The molecule has 1 rings (SSSR count). The summed E-state index contributed by atoms with van der Waals surface area (Å²) in [6.07, 6.45) is 0. The molecular weight excluding hydrogens is 272 g/mol. The van der Waals surface area contributed by atoms with Crippen molar-refractivity contribution >= 4 is 11.9 Å². The van der Waals surface area contributed by atoms with Crippen LogP contribution in [0.4, 0.5) is 8.78 Å². The van der Waals surface area contributed by atoms with Crippen LogP contribution in [-0.4, -0.2) is 43.6 Å². The van der Waals surface area contributed by atoms with Crippen LogP contribution in [0.15, 0.2) is 24.3 Å². The van der Waals surface area contributed by atoms with Crippen LogP contribution in [0.5, 0.6) is 5.75 Å². The lowest BCUT2D eigenvalue weighted by molar-refractivity contribution is -0.141. The maximum absolute atomic E-state index is 12.1. The fourth-order valence-electron chi connectivity index (χ4n) is 1.54. The minimum atomic E-state index is -2.96. The number of alkyl halides is 2. The quantitative estimate of drug-likeness (QED) is 0.750. The lowest BCUT2D eigenvalue weighted by atomic mass is 10.2. The van der Waals surface area contributed by atoms with Gasteiger partial charge in [-0.2, -0.15) is 8.78 Å². The highest BCUT2D eigenvalue weighted by Gasteiger charge is 2.18. The van der Waals surface area contributed by atoms with Crippen molar-refractivity contribution in [2.24, 2.45) is 0 Å². The van der Waals surface area contributed by atoms with Gasteiger partial charge in [0.1, 0.15) is 12.3 Å². The van der Waals surface area contributed by atoms with Crippen molar-refractivity contribution in [1.82, 2.24) is 4.90 Å². The van der Waals surface area contributed by atoms with Crippen molar-refractivity contribution < 1.29 is 27.8 Å². The number of esters is 1. The van der Waals surface area contributed by atoms with Gasteiger partial charge in [-0.25, -0.2) is 0 Å². The van der Waals surface area contributed by atoms with Crippen molar-refractivity contribution in [2.45, 2.75) is 13.5 Å². The van der Waals surface area contributed by atoms with Crippen LogP contribution < -0.4 is 4.74 Å². The van der Waals surface area contributed by atoms with E-state index in [2.05, 4.69) is 9.47 Å². The molecule has 0 heterocycles. The van der Waals surface area contributed by atoms with Crippen molar-refractivity contribution in [2.75, 3.05) is 20.2 Å². The number of carbonyl (C=O) groups is 2. The number of rotatable bonds is 6. The molecule has 0 radical (unpaired) electrons. The van der Waals surface area contributed by atoms with E-state index in [0.29, 0.717) is 0 Å². The topological polar surface area (TPSA) is 55.8 Å². The molecule has 0 spiro atoms. The Labute approximate surface area is 115 Å². The molecule has 0 atom stereocenters. The maximum atomic E-state index is 12.1. The Morgan fingerprint density at radius 3 is 2.60 bits per heavy atom. The summed E-state index contributed by atoms with van der Waals surface area (Å²) in [6, 6.07) is 5.41. The molecule has 0 aliphatic carbocycles. The predicted molar refractivity (Wildman–Crippen MR) is 66.7 cm³/mol. The van der Waals surface area contributed by atoms with E-state index < -0.39 is 18.5 Å². The Kier molecular flexibility index (Phi) is 5.89. The molecule has 0 N–H and O–H groups in total. The second-order valence-corrected chi connectivity index (χ2v) is 3.80. The van der Waals surface area contributed by atoms with E-state index in [-0.39, 0.29) is 24.4 Å². The summed E-state index contributed by atoms with van der Waals surface area (Å²) in [5.41, 5.74) is 0.161. The number of amides is 1. The minimum absolute atomic E-state index is 0.111. The Bertz CT molecular complexity index is 479. The van der Waals surface area contributed by atoms with Gasteiger partial charge in [-0.1, -0.05) is 6.07 Å². The molecule has 0 aromatic heterocycles. The molecular formula is C13H15F2NO4. The fourth-order valence-corrected chi connectivity index (χ4v) is 1.54. The summed E-state index contributed by atoms with van der Waals surface area (Å²) in [5.74, 6) is -1.13. The zero-order valence-corrected chi connectivity index (χ0v) is 11.1. The molecule has 5 nitrogen and oxygen atoms in total. The van der Waals surface area contributed by atoms with Crippen LogP contribution in [0.3, 0.4) is 0 Å². The fraction of sp³-hybridized carbons (Fsp3) is 0.385. The normalized spacial score (nSPS) is 10.2. The third kappa shape index (κ3) is 4.49. The smallest absolute Gasteiger partial charge is 0.387 e. The van der Waals surface area contributed by atoms with Gasteiger partial charge in [-0.3, -0.25) is 9.59 Å². The number of nitrogens with zero attached hydrogens (tertiary/aromatic N) is 1. The van der Waals surface area contributed by atoms with Gasteiger partial charge in [0.25, 0.3) is 5.91 Å². The number of halogens is 2. The van der Waals surface area contributed by atoms with Crippen molar-refractivity contribution in [3.05, 3.63) is 29.8 Å². The van der Waals surface area contributed by atoms with E-state index in [0.717, 1.165) is 0 Å². The highest BCUT2D eigenvalue weighted by molar-refractivity contribution is 5.96. The molecule has 20 heavy (non-hydrogen) atoms. The van der Waals surface area contributed by atoms with E-state index in [4.69, 9.17) is 0 Å². The first-order chi connectivity index (χ1) is 9.47. The second kappa shape index (κ2) is 7.42. The molecule has 0 unspecified atom stereocenters. The van der Waals surface area contributed by atoms with Gasteiger partial charge < -0.3 is 14.4 Å². The zero-order chi connectivity index (χ0) is 15.1. The number of likely N-dealkylation sites (N-methyl/N-ethyl adjacent to an activating group) is 1. The highest BCUT2D eigenvalue weighted by atomic mass is 19.3. The maximum Gasteiger partial charge on any atom is 0.387 e. The Balaban J connectivity index is 2.86. The average Bonchev–Trinajstić information content (AvgIpc) is 2.43. The third-order valence-corrected chi connectivity index (χ3v) is 2.52. The summed E-state index contributed by atoms with van der Waals surface area (Å²) in [7, 11) is 1.22. The number of hydrogen-bond acceptors (Lipinski definition) is 4. The van der Waals surface area contributed by atoms with E-state index >= 15 is 0 Å². The summed E-state index contributed by atoms with van der Waals surface area (Å²) < 4.78 is 32.9. The Morgan fingerprint density at radius 2 is 2.05 bits per heavy atom. The van der Waals surface area contributed by atoms with Gasteiger partial charge in [0.15, 0.2) is 0 Å². The Hall–Kier alpha value is -2.18. The van der Waals surface area contributed by atoms with Crippen LogP contribution in [0.1, 0.15) is 17.3 Å². The van der Waals surface area contributed by atoms with Gasteiger partial charge in [0.2, 0.25) is 0 Å². The van der Waals surface area contributed by atoms with Crippen LogP contribution >= 0.6 is 0 Å². The lowest BCUT2D eigenvalue weighted by Gasteiger charge is -2.19. The molecule has 0 aliphatic heterocycles. The zero-order valence-electron chi connectivity index (χ0n) is 11.1. The van der Waals surface area contributed by atoms with Crippen LogP contribution in [0.2, 0.25) is 0 Å². The van der Waals surface area contributed by atoms with Gasteiger partial charge in [0, 0.05) is 12.1 Å². The summed E-state index contributed by atoms with van der Waals surface area (Å²) in [5, 5.41) is 0. The first-order valence-corrected chi connectivity index (χ1v) is 5.88. The number of hydrogen-bond donors (Lipinski definition) is 0. The summed E-state index contributed by atoms with van der Waals surface area (Å²) >= 11 is 0. The third-order valence-electron chi connectivity index (χ3n) is 2.52. The van der Waals surface area contributed by atoms with Gasteiger partial charge in [-0.05, 0) is 25.1 Å². The SMILES string of the molecule is CCN(CC(=O)OC)C(=O)c1cccc(OC(F)F)c1. The van der Waals surface area contributed by atoms with Crippen molar-refractivity contribution in [1.29, 1.82) is 0 Å². The lowest BCUT2D eigenvalue weighted by Crippen LogP contribution is -2.36. The number of ether oxygens (including phenoxy) is 2. The van der Waals surface area contributed by atoms with Crippen LogP contribution in [0.25, 0.3) is 0 Å². The predicted octanol–water partition coefficient (Wildman–Crippen LogP) is 1.92. The first-order valence-electron chi connectivity index (χ1n) is 5.88. The molecule has 0 bridgehead atoms. The van der Waals surface area contributed by atoms with E-state index in [1.165, 1.54) is 36.3 Å². The first kappa shape index (κ1) is 15.9. The molecule has 0 saturated heterocycles. The summed E-state index contributed by atoms with van der Waals surface area (Å²) in [6.45, 7) is -1.18. The van der Waals surface area contributed by atoms with Crippen molar-refractivity contribution in [3.63, 3.8) is 0 Å². The summed E-state index contributed by atoms with van der Waals surface area (Å²) in [4.78, 5) is 24.6. The molecule has 0 aliphatic rings. The molecule has 7 heteroatoms. The van der Waals surface area contributed by atoms with Crippen molar-refractivity contribution in [3.8, 4) is 5.75 Å². The molecule has 0 fully saturated rings. The average molecular weight is 287 g/mol. The van der Waals surface area contributed by atoms with Crippen LogP contribution in [-0.2, 0) is 9.53 Å². The molecule has 1 aromatic carbocycles. The molecule has 110 valence electrons.